The van der Waals surface area contributed by atoms with Gasteiger partial charge in [0.05, 0.1) is 13.2 Å². The number of thiocarbonyl (C=S) groups is 1. The lowest BCUT2D eigenvalue weighted by Crippen LogP contribution is -2.40. The van der Waals surface area contributed by atoms with E-state index in [9.17, 15) is 4.79 Å². The Labute approximate surface area is 121 Å². The van der Waals surface area contributed by atoms with Gasteiger partial charge in [0, 0.05) is 6.42 Å². The van der Waals surface area contributed by atoms with Crippen molar-refractivity contribution in [2.45, 2.75) is 12.5 Å². The average Bonchev–Trinajstić information content (AvgIpc) is 2.82. The van der Waals surface area contributed by atoms with Crippen LogP contribution in [0.4, 0.5) is 4.79 Å². The van der Waals surface area contributed by atoms with E-state index in [1.807, 2.05) is 30.3 Å². The van der Waals surface area contributed by atoms with Crippen LogP contribution in [0.1, 0.15) is 18.0 Å². The number of alkyl carbamates (subject to hydrolysis) is 1. The van der Waals surface area contributed by atoms with Crippen molar-refractivity contribution in [2.24, 2.45) is 5.10 Å². The quantitative estimate of drug-likeness (QED) is 0.810. The molecule has 1 unspecified atom stereocenters. The van der Waals surface area contributed by atoms with Gasteiger partial charge in [-0.15, -0.1) is 0 Å². The highest BCUT2D eigenvalue weighted by atomic mass is 35.5. The van der Waals surface area contributed by atoms with Gasteiger partial charge in [0.25, 0.3) is 0 Å². The molecule has 100 valence electrons. The maximum absolute atomic E-state index is 11.2. The number of halogens is 1. The second kappa shape index (κ2) is 5.99. The lowest BCUT2D eigenvalue weighted by molar-refractivity contribution is 0.175. The fourth-order valence-electron chi connectivity index (χ4n) is 1.79. The third-order valence-corrected chi connectivity index (χ3v) is 3.18. The lowest BCUT2D eigenvalue weighted by atomic mass is 10.1. The predicted molar refractivity (Wildman–Crippen MR) is 77.1 cm³/mol. The van der Waals surface area contributed by atoms with Crippen LogP contribution in [0.5, 0.6) is 0 Å². The Morgan fingerprint density at radius 3 is 2.84 bits per heavy atom. The van der Waals surface area contributed by atoms with E-state index in [1.165, 1.54) is 12.1 Å². The SMILES string of the molecule is COC(=O)NC(=S)N1N=C(Cl)CC1c1ccccc1. The number of hydrogen-bond acceptors (Lipinski definition) is 4. The second-order valence-electron chi connectivity index (χ2n) is 3.87. The molecule has 0 saturated heterocycles. The van der Waals surface area contributed by atoms with Gasteiger partial charge in [0.15, 0.2) is 5.11 Å². The number of carbonyl (C=O) groups excluding carboxylic acids is 1. The Morgan fingerprint density at radius 1 is 1.53 bits per heavy atom. The highest BCUT2D eigenvalue weighted by molar-refractivity contribution is 7.80. The van der Waals surface area contributed by atoms with E-state index in [0.717, 1.165) is 5.56 Å². The summed E-state index contributed by atoms with van der Waals surface area (Å²) < 4.78 is 4.50. The molecule has 0 aromatic heterocycles. The van der Waals surface area contributed by atoms with E-state index in [1.54, 1.807) is 0 Å². The molecule has 5 nitrogen and oxygen atoms in total. The number of rotatable bonds is 1. The van der Waals surface area contributed by atoms with Gasteiger partial charge in [-0.2, -0.15) is 5.10 Å². The first-order valence-corrected chi connectivity index (χ1v) is 6.36. The Bertz CT molecular complexity index is 521. The van der Waals surface area contributed by atoms with Crippen LogP contribution >= 0.6 is 23.8 Å². The van der Waals surface area contributed by atoms with Gasteiger partial charge in [-0.1, -0.05) is 41.9 Å². The molecule has 1 aromatic rings. The smallest absolute Gasteiger partial charge is 0.413 e. The average molecular weight is 298 g/mol. The van der Waals surface area contributed by atoms with E-state index in [-0.39, 0.29) is 11.2 Å². The van der Waals surface area contributed by atoms with Gasteiger partial charge < -0.3 is 4.74 Å². The number of hydrazone groups is 1. The van der Waals surface area contributed by atoms with E-state index >= 15 is 0 Å². The fraction of sp³-hybridized carbons (Fsp3) is 0.250. The summed E-state index contributed by atoms with van der Waals surface area (Å²) >= 11 is 11.1. The molecule has 0 fully saturated rings. The zero-order chi connectivity index (χ0) is 13.8. The molecular weight excluding hydrogens is 286 g/mol. The molecule has 1 aliphatic rings. The van der Waals surface area contributed by atoms with Crippen LogP contribution in [0.15, 0.2) is 35.4 Å². The summed E-state index contributed by atoms with van der Waals surface area (Å²) in [5.74, 6) is 0. The summed E-state index contributed by atoms with van der Waals surface area (Å²) in [5.41, 5.74) is 1.02. The summed E-state index contributed by atoms with van der Waals surface area (Å²) in [6.45, 7) is 0. The molecule has 1 amide bonds. The molecule has 1 heterocycles. The fourth-order valence-corrected chi connectivity index (χ4v) is 2.27. The first-order chi connectivity index (χ1) is 9.11. The Kier molecular flexibility index (Phi) is 4.34. The zero-order valence-electron chi connectivity index (χ0n) is 10.2. The van der Waals surface area contributed by atoms with Gasteiger partial charge >= 0.3 is 6.09 Å². The highest BCUT2D eigenvalue weighted by Gasteiger charge is 2.30. The first-order valence-electron chi connectivity index (χ1n) is 5.58. The van der Waals surface area contributed by atoms with E-state index in [0.29, 0.717) is 11.6 Å². The van der Waals surface area contributed by atoms with Crippen LogP contribution < -0.4 is 5.32 Å². The Hall–Kier alpha value is -1.66. The van der Waals surface area contributed by atoms with Gasteiger partial charge in [0.2, 0.25) is 0 Å². The third kappa shape index (κ3) is 3.21. The number of hydrogen-bond donors (Lipinski definition) is 1. The highest BCUT2D eigenvalue weighted by Crippen LogP contribution is 2.31. The first kappa shape index (κ1) is 13.8. The van der Waals surface area contributed by atoms with E-state index in [4.69, 9.17) is 23.8 Å². The molecule has 1 atom stereocenters. The topological polar surface area (TPSA) is 53.9 Å². The molecule has 0 bridgehead atoms. The van der Waals surface area contributed by atoms with Gasteiger partial charge in [-0.25, -0.2) is 9.80 Å². The van der Waals surface area contributed by atoms with Gasteiger partial charge in [0.1, 0.15) is 5.17 Å². The molecule has 0 aliphatic carbocycles. The van der Waals surface area contributed by atoms with Crippen molar-refractivity contribution in [1.29, 1.82) is 0 Å². The van der Waals surface area contributed by atoms with Crippen molar-refractivity contribution in [3.05, 3.63) is 35.9 Å². The maximum Gasteiger partial charge on any atom is 0.413 e. The summed E-state index contributed by atoms with van der Waals surface area (Å²) in [7, 11) is 1.27. The van der Waals surface area contributed by atoms with Crippen molar-refractivity contribution in [2.75, 3.05) is 7.11 Å². The van der Waals surface area contributed by atoms with Crippen LogP contribution in [0, 0.1) is 0 Å². The van der Waals surface area contributed by atoms with E-state index in [2.05, 4.69) is 15.2 Å². The summed E-state index contributed by atoms with van der Waals surface area (Å²) in [6.07, 6.45) is -0.0794. The molecule has 1 aromatic carbocycles. The molecule has 1 N–H and O–H groups in total. The predicted octanol–water partition coefficient (Wildman–Crippen LogP) is 2.63. The van der Waals surface area contributed by atoms with Crippen molar-refractivity contribution in [1.82, 2.24) is 10.3 Å². The summed E-state index contributed by atoms with van der Waals surface area (Å²) in [5, 5.41) is 8.69. The second-order valence-corrected chi connectivity index (χ2v) is 4.70. The van der Waals surface area contributed by atoms with Crippen molar-refractivity contribution < 1.29 is 9.53 Å². The monoisotopic (exact) mass is 297 g/mol. The number of methoxy groups -OCH3 is 1. The van der Waals surface area contributed by atoms with Crippen LogP contribution in [0.25, 0.3) is 0 Å². The molecule has 0 saturated carbocycles. The minimum Gasteiger partial charge on any atom is -0.453 e. The van der Waals surface area contributed by atoms with Crippen LogP contribution in [-0.4, -0.2) is 28.5 Å². The third-order valence-electron chi connectivity index (χ3n) is 2.66. The lowest BCUT2D eigenvalue weighted by Gasteiger charge is -2.23. The largest absolute Gasteiger partial charge is 0.453 e. The minimum absolute atomic E-state index is 0.113. The maximum atomic E-state index is 11.2. The molecule has 0 radical (unpaired) electrons. The molecule has 2 rings (SSSR count). The number of nitrogens with one attached hydrogen (secondary N) is 1. The normalized spacial score (nSPS) is 17.9. The van der Waals surface area contributed by atoms with Crippen molar-refractivity contribution >= 4 is 40.2 Å². The zero-order valence-corrected chi connectivity index (χ0v) is 11.7. The Morgan fingerprint density at radius 2 is 2.21 bits per heavy atom. The number of ether oxygens (including phenoxy) is 1. The summed E-state index contributed by atoms with van der Waals surface area (Å²) in [6, 6.07) is 9.59. The van der Waals surface area contributed by atoms with Crippen LogP contribution in [0.3, 0.4) is 0 Å². The standard InChI is InChI=1S/C12H12ClN3O2S/c1-18-12(17)14-11(19)16-9(7-10(13)15-16)8-5-3-2-4-6-8/h2-6,9H,7H2,1H3,(H,14,17,19). The number of benzene rings is 1. The Balaban J connectivity index is 2.17. The number of nitrogens with zero attached hydrogens (tertiary/aromatic N) is 2. The summed E-state index contributed by atoms with van der Waals surface area (Å²) in [4.78, 5) is 11.2. The number of carbonyl (C=O) groups is 1. The van der Waals surface area contributed by atoms with Gasteiger partial charge in [-0.05, 0) is 17.8 Å². The molecule has 7 heteroatoms. The minimum atomic E-state index is -0.630. The molecule has 19 heavy (non-hydrogen) atoms. The molecule has 0 spiro atoms. The van der Waals surface area contributed by atoms with Crippen molar-refractivity contribution in [3.8, 4) is 0 Å². The van der Waals surface area contributed by atoms with E-state index < -0.39 is 6.09 Å². The van der Waals surface area contributed by atoms with Gasteiger partial charge in [-0.3, -0.25) is 5.32 Å². The van der Waals surface area contributed by atoms with Crippen LogP contribution in [-0.2, 0) is 4.74 Å². The number of amides is 1. The molecular formula is C12H12ClN3O2S. The van der Waals surface area contributed by atoms with Crippen LogP contribution in [0.2, 0.25) is 0 Å². The molecule has 1 aliphatic heterocycles. The van der Waals surface area contributed by atoms with Crippen molar-refractivity contribution in [3.63, 3.8) is 0 Å².